The Morgan fingerprint density at radius 2 is 2.44 bits per heavy atom. The molecule has 1 aromatic heterocycles. The van der Waals surface area contributed by atoms with Gasteiger partial charge in [-0.1, -0.05) is 11.6 Å². The monoisotopic (exact) mass is 239 g/mol. The Bertz CT molecular complexity index is 441. The van der Waals surface area contributed by atoms with Crippen molar-refractivity contribution < 1.29 is 4.74 Å². The molecule has 0 radical (unpaired) electrons. The van der Waals surface area contributed by atoms with E-state index in [0.29, 0.717) is 24.7 Å². The van der Waals surface area contributed by atoms with E-state index < -0.39 is 5.41 Å². The fourth-order valence-electron chi connectivity index (χ4n) is 2.07. The number of nitrogens with zero attached hydrogens (tertiary/aromatic N) is 3. The zero-order chi connectivity index (χ0) is 11.8. The molecule has 1 fully saturated rings. The van der Waals surface area contributed by atoms with Gasteiger partial charge in [0, 0.05) is 20.1 Å². The standard InChI is InChI=1S/C11H14ClN3O/c1-8-10(12)9(15(2)14-8)5-11(6-13)3-4-16-7-11/h3-5,7H2,1-2H3. The van der Waals surface area contributed by atoms with E-state index in [1.165, 1.54) is 0 Å². The van der Waals surface area contributed by atoms with Gasteiger partial charge in [-0.05, 0) is 13.3 Å². The van der Waals surface area contributed by atoms with Crippen LogP contribution in [0.15, 0.2) is 0 Å². The summed E-state index contributed by atoms with van der Waals surface area (Å²) in [6, 6.07) is 2.36. The normalized spacial score (nSPS) is 24.6. The summed E-state index contributed by atoms with van der Waals surface area (Å²) in [5.41, 5.74) is 1.31. The minimum Gasteiger partial charge on any atom is -0.380 e. The van der Waals surface area contributed by atoms with E-state index in [9.17, 15) is 5.26 Å². The number of aryl methyl sites for hydroxylation is 2. The van der Waals surface area contributed by atoms with Crippen LogP contribution in [0.5, 0.6) is 0 Å². The van der Waals surface area contributed by atoms with Gasteiger partial charge in [0.15, 0.2) is 0 Å². The molecule has 0 N–H and O–H groups in total. The van der Waals surface area contributed by atoms with Crippen LogP contribution in [-0.2, 0) is 18.2 Å². The molecule has 2 heterocycles. The summed E-state index contributed by atoms with van der Waals surface area (Å²) in [4.78, 5) is 0. The van der Waals surface area contributed by atoms with Crippen molar-refractivity contribution in [3.63, 3.8) is 0 Å². The molecule has 4 nitrogen and oxygen atoms in total. The van der Waals surface area contributed by atoms with Crippen LogP contribution < -0.4 is 0 Å². The highest BCUT2D eigenvalue weighted by molar-refractivity contribution is 6.31. The van der Waals surface area contributed by atoms with Crippen LogP contribution in [0.1, 0.15) is 17.8 Å². The van der Waals surface area contributed by atoms with Gasteiger partial charge in [-0.25, -0.2) is 0 Å². The van der Waals surface area contributed by atoms with Crippen LogP contribution >= 0.6 is 11.6 Å². The van der Waals surface area contributed by atoms with Crippen molar-refractivity contribution in [2.24, 2.45) is 12.5 Å². The molecule has 86 valence electrons. The number of ether oxygens (including phenoxy) is 1. The lowest BCUT2D eigenvalue weighted by atomic mass is 9.84. The van der Waals surface area contributed by atoms with Crippen LogP contribution in [0.2, 0.25) is 5.02 Å². The molecule has 0 spiro atoms. The molecule has 1 aliphatic rings. The third-order valence-electron chi connectivity index (χ3n) is 3.11. The molecule has 0 aromatic carbocycles. The van der Waals surface area contributed by atoms with E-state index in [4.69, 9.17) is 16.3 Å². The molecule has 0 saturated carbocycles. The van der Waals surface area contributed by atoms with Crippen LogP contribution in [0.25, 0.3) is 0 Å². The van der Waals surface area contributed by atoms with Crippen LogP contribution in [0.4, 0.5) is 0 Å². The molecule has 0 aliphatic carbocycles. The molecular formula is C11H14ClN3O. The Labute approximate surface area is 99.8 Å². The van der Waals surface area contributed by atoms with Crippen molar-refractivity contribution in [1.82, 2.24) is 9.78 Å². The summed E-state index contributed by atoms with van der Waals surface area (Å²) in [6.45, 7) is 3.02. The first-order chi connectivity index (χ1) is 7.58. The van der Waals surface area contributed by atoms with E-state index in [-0.39, 0.29) is 0 Å². The third kappa shape index (κ3) is 1.81. The maximum absolute atomic E-state index is 9.26. The highest BCUT2D eigenvalue weighted by Gasteiger charge is 2.37. The van der Waals surface area contributed by atoms with E-state index in [0.717, 1.165) is 17.8 Å². The summed E-state index contributed by atoms with van der Waals surface area (Å²) >= 11 is 6.18. The minimum atomic E-state index is -0.427. The topological polar surface area (TPSA) is 50.8 Å². The summed E-state index contributed by atoms with van der Waals surface area (Å²) in [6.07, 6.45) is 1.38. The van der Waals surface area contributed by atoms with Crippen molar-refractivity contribution in [2.75, 3.05) is 13.2 Å². The second kappa shape index (κ2) is 4.08. The highest BCUT2D eigenvalue weighted by atomic mass is 35.5. The van der Waals surface area contributed by atoms with Crippen molar-refractivity contribution in [3.05, 3.63) is 16.4 Å². The summed E-state index contributed by atoms with van der Waals surface area (Å²) in [7, 11) is 1.86. The molecule has 0 bridgehead atoms. The second-order valence-electron chi connectivity index (χ2n) is 4.34. The van der Waals surface area contributed by atoms with Gasteiger partial charge in [-0.3, -0.25) is 4.68 Å². The quantitative estimate of drug-likeness (QED) is 0.792. The lowest BCUT2D eigenvalue weighted by molar-refractivity contribution is 0.171. The Hall–Kier alpha value is -1.05. The second-order valence-corrected chi connectivity index (χ2v) is 4.72. The van der Waals surface area contributed by atoms with Gasteiger partial charge < -0.3 is 4.74 Å². The predicted octanol–water partition coefficient (Wildman–Crippen LogP) is 1.85. The van der Waals surface area contributed by atoms with E-state index in [2.05, 4.69) is 11.2 Å². The SMILES string of the molecule is Cc1nn(C)c(CC2(C#N)CCOC2)c1Cl. The van der Waals surface area contributed by atoms with E-state index in [1.807, 2.05) is 14.0 Å². The average Bonchev–Trinajstić information content (AvgIpc) is 2.81. The first-order valence-corrected chi connectivity index (χ1v) is 5.63. The number of rotatable bonds is 2. The lowest BCUT2D eigenvalue weighted by Gasteiger charge is -2.18. The van der Waals surface area contributed by atoms with Gasteiger partial charge in [0.05, 0.1) is 34.5 Å². The summed E-state index contributed by atoms with van der Waals surface area (Å²) in [5.74, 6) is 0. The predicted molar refractivity (Wildman–Crippen MR) is 60.1 cm³/mol. The largest absolute Gasteiger partial charge is 0.380 e. The smallest absolute Gasteiger partial charge is 0.0884 e. The van der Waals surface area contributed by atoms with Gasteiger partial charge in [0.1, 0.15) is 0 Å². The molecule has 1 aliphatic heterocycles. The number of hydrogen-bond donors (Lipinski definition) is 0. The first-order valence-electron chi connectivity index (χ1n) is 5.25. The number of nitriles is 1. The molecule has 1 unspecified atom stereocenters. The number of hydrogen-bond acceptors (Lipinski definition) is 3. The molecule has 0 amide bonds. The van der Waals surface area contributed by atoms with Gasteiger partial charge >= 0.3 is 0 Å². The zero-order valence-corrected chi connectivity index (χ0v) is 10.2. The van der Waals surface area contributed by atoms with Crippen LogP contribution in [0, 0.1) is 23.7 Å². The molecule has 16 heavy (non-hydrogen) atoms. The molecule has 1 saturated heterocycles. The Kier molecular flexibility index (Phi) is 2.92. The fourth-order valence-corrected chi connectivity index (χ4v) is 2.29. The fraction of sp³-hybridized carbons (Fsp3) is 0.636. The highest BCUT2D eigenvalue weighted by Crippen LogP contribution is 2.34. The third-order valence-corrected chi connectivity index (χ3v) is 3.60. The lowest BCUT2D eigenvalue weighted by Crippen LogP contribution is -2.23. The van der Waals surface area contributed by atoms with Gasteiger partial charge in [0.2, 0.25) is 0 Å². The first kappa shape index (κ1) is 11.4. The molecular weight excluding hydrogens is 226 g/mol. The summed E-state index contributed by atoms with van der Waals surface area (Å²) in [5, 5.41) is 14.2. The van der Waals surface area contributed by atoms with Gasteiger partial charge in [-0.15, -0.1) is 0 Å². The molecule has 2 rings (SSSR count). The van der Waals surface area contributed by atoms with E-state index in [1.54, 1.807) is 4.68 Å². The van der Waals surface area contributed by atoms with E-state index >= 15 is 0 Å². The Balaban J connectivity index is 2.30. The van der Waals surface area contributed by atoms with Crippen molar-refractivity contribution in [2.45, 2.75) is 19.8 Å². The zero-order valence-electron chi connectivity index (χ0n) is 9.46. The van der Waals surface area contributed by atoms with Crippen molar-refractivity contribution >= 4 is 11.6 Å². The van der Waals surface area contributed by atoms with Crippen molar-refractivity contribution in [3.8, 4) is 6.07 Å². The van der Waals surface area contributed by atoms with Crippen molar-refractivity contribution in [1.29, 1.82) is 5.26 Å². The van der Waals surface area contributed by atoms with Crippen LogP contribution in [0.3, 0.4) is 0 Å². The number of aromatic nitrogens is 2. The number of halogens is 1. The van der Waals surface area contributed by atoms with Gasteiger partial charge in [0.25, 0.3) is 0 Å². The molecule has 5 heteroatoms. The molecule has 1 atom stereocenters. The maximum Gasteiger partial charge on any atom is 0.0884 e. The minimum absolute atomic E-state index is 0.427. The summed E-state index contributed by atoms with van der Waals surface area (Å²) < 4.78 is 7.07. The van der Waals surface area contributed by atoms with Crippen LogP contribution in [-0.4, -0.2) is 23.0 Å². The Morgan fingerprint density at radius 1 is 1.69 bits per heavy atom. The average molecular weight is 240 g/mol. The molecule has 1 aromatic rings. The van der Waals surface area contributed by atoms with Gasteiger partial charge in [-0.2, -0.15) is 10.4 Å². The maximum atomic E-state index is 9.26. The Morgan fingerprint density at radius 3 is 2.88 bits per heavy atom.